The molecular formula is C14H31NO. The molecule has 1 unspecified atom stereocenters. The largest absolute Gasteiger partial charge is 0.379 e. The van der Waals surface area contributed by atoms with Gasteiger partial charge in [-0.2, -0.15) is 0 Å². The van der Waals surface area contributed by atoms with Crippen LogP contribution in [0.5, 0.6) is 0 Å². The number of unbranched alkanes of at least 4 members (excludes halogenated alkanes) is 3. The summed E-state index contributed by atoms with van der Waals surface area (Å²) in [6, 6.07) is 0.623. The van der Waals surface area contributed by atoms with Crippen molar-refractivity contribution in [2.24, 2.45) is 0 Å². The van der Waals surface area contributed by atoms with E-state index in [2.05, 4.69) is 33.0 Å². The zero-order valence-corrected chi connectivity index (χ0v) is 11.7. The van der Waals surface area contributed by atoms with Crippen LogP contribution in [-0.4, -0.2) is 25.3 Å². The summed E-state index contributed by atoms with van der Waals surface area (Å²) in [5.41, 5.74) is 0. The van der Waals surface area contributed by atoms with Crippen molar-refractivity contribution < 1.29 is 4.74 Å². The van der Waals surface area contributed by atoms with Crippen LogP contribution < -0.4 is 5.32 Å². The van der Waals surface area contributed by atoms with Crippen molar-refractivity contribution in [3.63, 3.8) is 0 Å². The standard InChI is InChI=1S/C14H31NO/c1-5-10-14(4)16-12-9-7-6-8-11-15-13(2)3/h13-15H,5-12H2,1-4H3. The Bertz CT molecular complexity index is 137. The molecule has 0 aromatic heterocycles. The average molecular weight is 229 g/mol. The first-order valence-corrected chi connectivity index (χ1v) is 7.01. The van der Waals surface area contributed by atoms with Crippen LogP contribution in [0.25, 0.3) is 0 Å². The predicted octanol–water partition coefficient (Wildman–Crippen LogP) is 3.75. The molecule has 98 valence electrons. The average Bonchev–Trinajstić information content (AvgIpc) is 2.22. The number of nitrogens with one attached hydrogen (secondary N) is 1. The summed E-state index contributed by atoms with van der Waals surface area (Å²) in [5.74, 6) is 0. The molecule has 0 fully saturated rings. The molecule has 16 heavy (non-hydrogen) atoms. The van der Waals surface area contributed by atoms with Gasteiger partial charge in [-0.25, -0.2) is 0 Å². The summed E-state index contributed by atoms with van der Waals surface area (Å²) < 4.78 is 5.71. The normalized spacial score (nSPS) is 13.3. The lowest BCUT2D eigenvalue weighted by molar-refractivity contribution is 0.0570. The highest BCUT2D eigenvalue weighted by atomic mass is 16.5. The van der Waals surface area contributed by atoms with E-state index in [0.29, 0.717) is 12.1 Å². The van der Waals surface area contributed by atoms with Crippen molar-refractivity contribution in [1.29, 1.82) is 0 Å². The van der Waals surface area contributed by atoms with Gasteiger partial charge in [-0.1, -0.05) is 40.0 Å². The lowest BCUT2D eigenvalue weighted by Crippen LogP contribution is -2.23. The zero-order chi connectivity index (χ0) is 12.2. The predicted molar refractivity (Wildman–Crippen MR) is 71.9 cm³/mol. The number of hydrogen-bond donors (Lipinski definition) is 1. The first-order valence-electron chi connectivity index (χ1n) is 7.01. The summed E-state index contributed by atoms with van der Waals surface area (Å²) in [7, 11) is 0. The molecule has 0 saturated carbocycles. The molecule has 0 radical (unpaired) electrons. The minimum absolute atomic E-state index is 0.451. The van der Waals surface area contributed by atoms with Crippen molar-refractivity contribution >= 4 is 0 Å². The highest BCUT2D eigenvalue weighted by Crippen LogP contribution is 2.04. The van der Waals surface area contributed by atoms with Gasteiger partial charge in [0.2, 0.25) is 0 Å². The highest BCUT2D eigenvalue weighted by Gasteiger charge is 1.99. The molecule has 0 aliphatic rings. The van der Waals surface area contributed by atoms with Gasteiger partial charge in [0.1, 0.15) is 0 Å². The van der Waals surface area contributed by atoms with Crippen molar-refractivity contribution in [2.45, 2.75) is 78.4 Å². The van der Waals surface area contributed by atoms with E-state index in [1.54, 1.807) is 0 Å². The Balaban J connectivity index is 3.04. The van der Waals surface area contributed by atoms with E-state index >= 15 is 0 Å². The van der Waals surface area contributed by atoms with Crippen LogP contribution >= 0.6 is 0 Å². The van der Waals surface area contributed by atoms with E-state index in [1.165, 1.54) is 38.5 Å². The Hall–Kier alpha value is -0.0800. The molecule has 1 atom stereocenters. The molecule has 0 bridgehead atoms. The molecule has 0 aromatic rings. The minimum atomic E-state index is 0.451. The third-order valence-electron chi connectivity index (χ3n) is 2.72. The Kier molecular flexibility index (Phi) is 11.3. The molecule has 0 heterocycles. The van der Waals surface area contributed by atoms with E-state index in [-0.39, 0.29) is 0 Å². The van der Waals surface area contributed by atoms with Gasteiger partial charge in [-0.05, 0) is 32.7 Å². The van der Waals surface area contributed by atoms with Gasteiger partial charge < -0.3 is 10.1 Å². The molecular weight excluding hydrogens is 198 g/mol. The Morgan fingerprint density at radius 2 is 1.69 bits per heavy atom. The fourth-order valence-electron chi connectivity index (χ4n) is 1.75. The molecule has 0 aromatic carbocycles. The quantitative estimate of drug-likeness (QED) is 0.545. The van der Waals surface area contributed by atoms with Gasteiger partial charge in [0, 0.05) is 12.6 Å². The molecule has 2 heteroatoms. The maximum absolute atomic E-state index is 5.71. The summed E-state index contributed by atoms with van der Waals surface area (Å²) in [6.45, 7) is 10.9. The summed E-state index contributed by atoms with van der Waals surface area (Å²) in [5, 5.41) is 3.44. The van der Waals surface area contributed by atoms with Gasteiger partial charge in [0.15, 0.2) is 0 Å². The van der Waals surface area contributed by atoms with Crippen molar-refractivity contribution in [1.82, 2.24) is 5.32 Å². The van der Waals surface area contributed by atoms with Crippen LogP contribution in [-0.2, 0) is 4.74 Å². The van der Waals surface area contributed by atoms with Crippen LogP contribution in [0.3, 0.4) is 0 Å². The molecule has 0 amide bonds. The second kappa shape index (κ2) is 11.4. The maximum Gasteiger partial charge on any atom is 0.0546 e. The van der Waals surface area contributed by atoms with Crippen molar-refractivity contribution in [2.75, 3.05) is 13.2 Å². The van der Waals surface area contributed by atoms with Crippen molar-refractivity contribution in [3.8, 4) is 0 Å². The maximum atomic E-state index is 5.71. The van der Waals surface area contributed by atoms with Gasteiger partial charge in [-0.15, -0.1) is 0 Å². The van der Waals surface area contributed by atoms with Crippen LogP contribution in [0.4, 0.5) is 0 Å². The van der Waals surface area contributed by atoms with Crippen LogP contribution in [0.1, 0.15) is 66.2 Å². The first-order chi connectivity index (χ1) is 7.66. The second-order valence-corrected chi connectivity index (χ2v) is 4.99. The molecule has 0 aliphatic heterocycles. The minimum Gasteiger partial charge on any atom is -0.379 e. The molecule has 0 aliphatic carbocycles. The second-order valence-electron chi connectivity index (χ2n) is 4.99. The summed E-state index contributed by atoms with van der Waals surface area (Å²) >= 11 is 0. The number of rotatable bonds is 11. The lowest BCUT2D eigenvalue weighted by Gasteiger charge is -2.11. The topological polar surface area (TPSA) is 21.3 Å². The number of hydrogen-bond acceptors (Lipinski definition) is 2. The molecule has 0 rings (SSSR count). The van der Waals surface area contributed by atoms with Gasteiger partial charge >= 0.3 is 0 Å². The fraction of sp³-hybridized carbons (Fsp3) is 1.00. The van der Waals surface area contributed by atoms with E-state index in [9.17, 15) is 0 Å². The first kappa shape index (κ1) is 15.9. The Labute approximate surface area is 102 Å². The third kappa shape index (κ3) is 12.0. The van der Waals surface area contributed by atoms with Gasteiger partial charge in [-0.3, -0.25) is 0 Å². The molecule has 1 N–H and O–H groups in total. The van der Waals surface area contributed by atoms with E-state index in [0.717, 1.165) is 13.2 Å². The molecule has 2 nitrogen and oxygen atoms in total. The zero-order valence-electron chi connectivity index (χ0n) is 11.7. The van der Waals surface area contributed by atoms with Crippen molar-refractivity contribution in [3.05, 3.63) is 0 Å². The summed E-state index contributed by atoms with van der Waals surface area (Å²) in [4.78, 5) is 0. The van der Waals surface area contributed by atoms with E-state index in [4.69, 9.17) is 4.74 Å². The van der Waals surface area contributed by atoms with Crippen LogP contribution in [0.2, 0.25) is 0 Å². The monoisotopic (exact) mass is 229 g/mol. The van der Waals surface area contributed by atoms with Crippen LogP contribution in [0.15, 0.2) is 0 Å². The number of ether oxygens (including phenoxy) is 1. The lowest BCUT2D eigenvalue weighted by atomic mass is 10.2. The molecule has 0 spiro atoms. The van der Waals surface area contributed by atoms with E-state index in [1.807, 2.05) is 0 Å². The van der Waals surface area contributed by atoms with Gasteiger partial charge in [0.05, 0.1) is 6.10 Å². The SMILES string of the molecule is CCCC(C)OCCCCCCNC(C)C. The Morgan fingerprint density at radius 1 is 1.00 bits per heavy atom. The Morgan fingerprint density at radius 3 is 2.31 bits per heavy atom. The van der Waals surface area contributed by atoms with E-state index < -0.39 is 0 Å². The third-order valence-corrected chi connectivity index (χ3v) is 2.72. The fourth-order valence-corrected chi connectivity index (χ4v) is 1.75. The molecule has 0 saturated heterocycles. The van der Waals surface area contributed by atoms with Gasteiger partial charge in [0.25, 0.3) is 0 Å². The highest BCUT2D eigenvalue weighted by molar-refractivity contribution is 4.53. The van der Waals surface area contributed by atoms with Crippen LogP contribution in [0, 0.1) is 0 Å². The summed E-state index contributed by atoms with van der Waals surface area (Å²) in [6.07, 6.45) is 8.01. The smallest absolute Gasteiger partial charge is 0.0546 e.